The number of fused-ring (bicyclic) bond motifs is 1. The van der Waals surface area contributed by atoms with Crippen LogP contribution in [0.15, 0.2) is 52.8 Å². The van der Waals surface area contributed by atoms with Gasteiger partial charge in [-0.25, -0.2) is 4.98 Å². The van der Waals surface area contributed by atoms with Crippen LogP contribution in [0.2, 0.25) is 0 Å². The first kappa shape index (κ1) is 20.1. The van der Waals surface area contributed by atoms with Gasteiger partial charge in [-0.2, -0.15) is 0 Å². The number of thiazole rings is 1. The van der Waals surface area contributed by atoms with Crippen molar-refractivity contribution in [1.82, 2.24) is 9.55 Å². The van der Waals surface area contributed by atoms with Crippen LogP contribution in [0.1, 0.15) is 27.5 Å². The Hall–Kier alpha value is -3.16. The van der Waals surface area contributed by atoms with Crippen molar-refractivity contribution in [3.63, 3.8) is 0 Å². The van der Waals surface area contributed by atoms with Gasteiger partial charge in [0.15, 0.2) is 10.9 Å². The fourth-order valence-corrected chi connectivity index (χ4v) is 4.35. The number of hydrogen-bond donors (Lipinski definition) is 1. The number of benzene rings is 1. The highest BCUT2D eigenvalue weighted by atomic mass is 32.1. The van der Waals surface area contributed by atoms with Crippen LogP contribution in [0.4, 0.5) is 5.13 Å². The summed E-state index contributed by atoms with van der Waals surface area (Å²) >= 11 is 1.39. The van der Waals surface area contributed by atoms with Crippen molar-refractivity contribution in [1.29, 1.82) is 0 Å². The monoisotopic (exact) mass is 421 g/mol. The molecule has 4 aromatic rings. The Morgan fingerprint density at radius 3 is 2.93 bits per heavy atom. The molecule has 3 aromatic heterocycles. The molecule has 1 aromatic carbocycles. The SMILES string of the molecule is C=CCn1c(C)cc(-c2csc(NC(=O)c3oc4ccccc4c3COC)n2)c1C. The lowest BCUT2D eigenvalue weighted by Gasteiger charge is -2.05. The minimum absolute atomic E-state index is 0.249. The van der Waals surface area contributed by atoms with Gasteiger partial charge in [0.25, 0.3) is 5.91 Å². The average molecular weight is 422 g/mol. The molecule has 4 rings (SSSR count). The van der Waals surface area contributed by atoms with Crippen LogP contribution in [0.3, 0.4) is 0 Å². The van der Waals surface area contributed by atoms with Gasteiger partial charge < -0.3 is 13.7 Å². The van der Waals surface area contributed by atoms with Crippen LogP contribution >= 0.6 is 11.3 Å². The average Bonchev–Trinajstić information content (AvgIpc) is 3.41. The Morgan fingerprint density at radius 1 is 1.37 bits per heavy atom. The first-order valence-electron chi connectivity index (χ1n) is 9.57. The third-order valence-corrected chi connectivity index (χ3v) is 5.84. The van der Waals surface area contributed by atoms with Crippen molar-refractivity contribution < 1.29 is 13.9 Å². The number of methoxy groups -OCH3 is 1. The lowest BCUT2D eigenvalue weighted by atomic mass is 10.1. The van der Waals surface area contributed by atoms with E-state index in [1.54, 1.807) is 7.11 Å². The zero-order valence-electron chi connectivity index (χ0n) is 17.2. The Kier molecular flexibility index (Phi) is 5.57. The minimum Gasteiger partial charge on any atom is -0.451 e. The van der Waals surface area contributed by atoms with E-state index in [0.717, 1.165) is 40.1 Å². The van der Waals surface area contributed by atoms with Crippen molar-refractivity contribution in [2.24, 2.45) is 0 Å². The number of ether oxygens (including phenoxy) is 1. The molecule has 0 unspecified atom stereocenters. The fourth-order valence-electron chi connectivity index (χ4n) is 3.65. The second-order valence-electron chi connectivity index (χ2n) is 7.02. The molecule has 0 aliphatic heterocycles. The summed E-state index contributed by atoms with van der Waals surface area (Å²) in [7, 11) is 1.60. The topological polar surface area (TPSA) is 69.3 Å². The highest BCUT2D eigenvalue weighted by molar-refractivity contribution is 7.14. The number of carbonyl (C=O) groups is 1. The summed E-state index contributed by atoms with van der Waals surface area (Å²) in [5.41, 5.74) is 5.54. The van der Waals surface area contributed by atoms with Gasteiger partial charge in [-0.3, -0.25) is 10.1 Å². The van der Waals surface area contributed by atoms with Crippen molar-refractivity contribution in [2.75, 3.05) is 12.4 Å². The molecule has 0 fully saturated rings. The highest BCUT2D eigenvalue weighted by Gasteiger charge is 2.22. The molecule has 30 heavy (non-hydrogen) atoms. The van der Waals surface area contributed by atoms with Crippen LogP contribution in [-0.2, 0) is 17.9 Å². The Bertz CT molecular complexity index is 1230. The van der Waals surface area contributed by atoms with Crippen LogP contribution in [-0.4, -0.2) is 22.6 Å². The van der Waals surface area contributed by atoms with Crippen molar-refractivity contribution in [3.8, 4) is 11.3 Å². The van der Waals surface area contributed by atoms with E-state index in [9.17, 15) is 4.79 Å². The van der Waals surface area contributed by atoms with Crippen LogP contribution in [0, 0.1) is 13.8 Å². The number of anilines is 1. The molecule has 0 radical (unpaired) electrons. The molecule has 0 saturated heterocycles. The molecule has 0 bridgehead atoms. The summed E-state index contributed by atoms with van der Waals surface area (Å²) in [5.74, 6) is -0.0877. The standard InChI is InChI=1S/C23H23N3O3S/c1-5-10-26-14(2)11-17(15(26)3)19-13-30-23(24-19)25-22(27)21-18(12-28-4)16-8-6-7-9-20(16)29-21/h5-9,11,13H,1,10,12H2,2-4H3,(H,24,25,27). The summed E-state index contributed by atoms with van der Waals surface area (Å²) in [6.45, 7) is 8.99. The zero-order chi connectivity index (χ0) is 21.3. The van der Waals surface area contributed by atoms with E-state index in [-0.39, 0.29) is 18.3 Å². The van der Waals surface area contributed by atoms with Gasteiger partial charge in [0, 0.05) is 46.9 Å². The first-order valence-corrected chi connectivity index (χ1v) is 10.5. The smallest absolute Gasteiger partial charge is 0.293 e. The number of rotatable bonds is 7. The van der Waals surface area contributed by atoms with Crippen LogP contribution in [0.5, 0.6) is 0 Å². The van der Waals surface area contributed by atoms with E-state index >= 15 is 0 Å². The van der Waals surface area contributed by atoms with Gasteiger partial charge in [-0.05, 0) is 26.0 Å². The molecule has 3 heterocycles. The third-order valence-electron chi connectivity index (χ3n) is 5.08. The molecule has 0 aliphatic carbocycles. The molecule has 7 heteroatoms. The molecule has 0 aliphatic rings. The molecule has 1 amide bonds. The van der Waals surface area contributed by atoms with Crippen molar-refractivity contribution in [3.05, 3.63) is 71.1 Å². The van der Waals surface area contributed by atoms with Crippen LogP contribution in [0.25, 0.3) is 22.2 Å². The summed E-state index contributed by atoms with van der Waals surface area (Å²) < 4.78 is 13.3. The van der Waals surface area contributed by atoms with Gasteiger partial charge in [0.2, 0.25) is 0 Å². The molecule has 6 nitrogen and oxygen atoms in total. The zero-order valence-corrected chi connectivity index (χ0v) is 18.0. The van der Waals surface area contributed by atoms with E-state index in [0.29, 0.717) is 10.7 Å². The predicted molar refractivity (Wildman–Crippen MR) is 120 cm³/mol. The maximum absolute atomic E-state index is 12.9. The van der Waals surface area contributed by atoms with Gasteiger partial charge >= 0.3 is 0 Å². The molecular weight excluding hydrogens is 398 g/mol. The van der Waals surface area contributed by atoms with E-state index in [1.807, 2.05) is 35.7 Å². The number of carbonyl (C=O) groups excluding carboxylic acids is 1. The van der Waals surface area contributed by atoms with E-state index in [4.69, 9.17) is 9.15 Å². The third kappa shape index (κ3) is 3.58. The summed E-state index contributed by atoms with van der Waals surface area (Å²) in [5, 5.41) is 6.21. The molecule has 1 N–H and O–H groups in total. The van der Waals surface area contributed by atoms with Gasteiger partial charge in [0.1, 0.15) is 5.58 Å². The quantitative estimate of drug-likeness (QED) is 0.397. The van der Waals surface area contributed by atoms with E-state index in [1.165, 1.54) is 11.3 Å². The van der Waals surface area contributed by atoms with Crippen molar-refractivity contribution >= 4 is 33.3 Å². The molecule has 154 valence electrons. The predicted octanol–water partition coefficient (Wildman–Crippen LogP) is 5.56. The fraction of sp³-hybridized carbons (Fsp3) is 0.217. The number of amides is 1. The highest BCUT2D eigenvalue weighted by Crippen LogP contribution is 2.31. The Balaban J connectivity index is 1.61. The normalized spacial score (nSPS) is 11.2. The van der Waals surface area contributed by atoms with Gasteiger partial charge in [0.05, 0.1) is 12.3 Å². The number of aryl methyl sites for hydroxylation is 1. The Labute approximate surface area is 178 Å². The van der Waals surface area contributed by atoms with E-state index in [2.05, 4.69) is 41.4 Å². The molecular formula is C23H23N3O3S. The minimum atomic E-state index is -0.337. The number of nitrogens with one attached hydrogen (secondary N) is 1. The molecule has 0 saturated carbocycles. The maximum Gasteiger partial charge on any atom is 0.293 e. The summed E-state index contributed by atoms with van der Waals surface area (Å²) in [6, 6.07) is 9.65. The summed E-state index contributed by atoms with van der Waals surface area (Å²) in [4.78, 5) is 17.6. The van der Waals surface area contributed by atoms with Gasteiger partial charge in [-0.15, -0.1) is 17.9 Å². The van der Waals surface area contributed by atoms with Gasteiger partial charge in [-0.1, -0.05) is 24.3 Å². The number of allylic oxidation sites excluding steroid dienone is 1. The van der Waals surface area contributed by atoms with E-state index < -0.39 is 0 Å². The second kappa shape index (κ2) is 8.30. The Morgan fingerprint density at radius 2 is 2.17 bits per heavy atom. The lowest BCUT2D eigenvalue weighted by Crippen LogP contribution is -2.13. The largest absolute Gasteiger partial charge is 0.451 e. The van der Waals surface area contributed by atoms with Crippen molar-refractivity contribution in [2.45, 2.75) is 27.0 Å². The summed E-state index contributed by atoms with van der Waals surface area (Å²) in [6.07, 6.45) is 1.88. The first-order chi connectivity index (χ1) is 14.5. The number of hydrogen-bond acceptors (Lipinski definition) is 5. The molecule has 0 atom stereocenters. The number of furan rings is 1. The maximum atomic E-state index is 12.9. The number of para-hydroxylation sites is 1. The number of aromatic nitrogens is 2. The lowest BCUT2D eigenvalue weighted by molar-refractivity contribution is 0.0992. The van der Waals surface area contributed by atoms with Crippen LogP contribution < -0.4 is 5.32 Å². The number of nitrogens with zero attached hydrogens (tertiary/aromatic N) is 2. The second-order valence-corrected chi connectivity index (χ2v) is 7.87. The molecule has 0 spiro atoms.